The lowest BCUT2D eigenvalue weighted by Crippen LogP contribution is -2.44. The molecular formula is C23H31N3O3S2. The van der Waals surface area contributed by atoms with Gasteiger partial charge in [-0.1, -0.05) is 43.8 Å². The Labute approximate surface area is 189 Å². The highest BCUT2D eigenvalue weighted by atomic mass is 32.2. The smallest absolute Gasteiger partial charge is 0.233 e. The number of fused-ring (bicyclic) bond motifs is 1. The summed E-state index contributed by atoms with van der Waals surface area (Å²) in [5.41, 5.74) is 3.48. The molecule has 1 aromatic heterocycles. The van der Waals surface area contributed by atoms with Crippen LogP contribution in [0.15, 0.2) is 35.5 Å². The number of thioether (sulfide) groups is 1. The number of sulfone groups is 1. The summed E-state index contributed by atoms with van der Waals surface area (Å²) in [4.78, 5) is 19.9. The number of benzene rings is 1. The number of aromatic nitrogens is 2. The first-order valence-electron chi connectivity index (χ1n) is 11.1. The molecule has 1 saturated heterocycles. The minimum Gasteiger partial charge on any atom is -0.338 e. The fourth-order valence-corrected chi connectivity index (χ4v) is 7.20. The van der Waals surface area contributed by atoms with Gasteiger partial charge in [0.25, 0.3) is 0 Å². The van der Waals surface area contributed by atoms with E-state index in [0.717, 1.165) is 42.2 Å². The summed E-state index contributed by atoms with van der Waals surface area (Å²) in [6.07, 6.45) is 4.84. The summed E-state index contributed by atoms with van der Waals surface area (Å²) in [7, 11) is -3.04. The van der Waals surface area contributed by atoms with Crippen LogP contribution < -0.4 is 0 Å². The van der Waals surface area contributed by atoms with Crippen molar-refractivity contribution in [2.45, 2.75) is 57.1 Å². The molecule has 8 heteroatoms. The minimum atomic E-state index is -3.04. The van der Waals surface area contributed by atoms with Crippen molar-refractivity contribution in [1.82, 2.24) is 14.5 Å². The molecule has 31 heavy (non-hydrogen) atoms. The SMILES string of the molecule is CC(C)CN(C(=O)CSc1nc2c(n1-c1ccccc1)CCCC2)C1CCS(=O)(=O)C1. The van der Waals surface area contributed by atoms with E-state index in [2.05, 4.69) is 30.5 Å². The molecule has 2 heterocycles. The number of carbonyl (C=O) groups excluding carboxylic acids is 1. The van der Waals surface area contributed by atoms with Gasteiger partial charge < -0.3 is 4.90 Å². The number of para-hydroxylation sites is 1. The highest BCUT2D eigenvalue weighted by Gasteiger charge is 2.35. The molecule has 1 unspecified atom stereocenters. The number of nitrogens with zero attached hydrogens (tertiary/aromatic N) is 3. The average molecular weight is 462 g/mol. The molecule has 6 nitrogen and oxygen atoms in total. The molecule has 0 saturated carbocycles. The lowest BCUT2D eigenvalue weighted by atomic mass is 10.0. The van der Waals surface area contributed by atoms with Crippen LogP contribution in [0.2, 0.25) is 0 Å². The van der Waals surface area contributed by atoms with Gasteiger partial charge in [0.05, 0.1) is 23.0 Å². The Hall–Kier alpha value is -1.80. The molecule has 0 spiro atoms. The average Bonchev–Trinajstić information content (AvgIpc) is 3.30. The van der Waals surface area contributed by atoms with Gasteiger partial charge in [-0.15, -0.1) is 0 Å². The third kappa shape index (κ3) is 5.17. The first-order valence-corrected chi connectivity index (χ1v) is 13.9. The van der Waals surface area contributed by atoms with Crippen molar-refractivity contribution < 1.29 is 13.2 Å². The monoisotopic (exact) mass is 461 g/mol. The Bertz CT molecular complexity index is 1030. The summed E-state index contributed by atoms with van der Waals surface area (Å²) < 4.78 is 26.2. The van der Waals surface area contributed by atoms with Crippen LogP contribution >= 0.6 is 11.8 Å². The van der Waals surface area contributed by atoms with Gasteiger partial charge in [0.1, 0.15) is 0 Å². The molecule has 1 aliphatic heterocycles. The van der Waals surface area contributed by atoms with Gasteiger partial charge in [0.15, 0.2) is 15.0 Å². The lowest BCUT2D eigenvalue weighted by molar-refractivity contribution is -0.130. The second-order valence-corrected chi connectivity index (χ2v) is 12.1. The number of hydrogen-bond acceptors (Lipinski definition) is 5. The topological polar surface area (TPSA) is 72.3 Å². The predicted octanol–water partition coefficient (Wildman–Crippen LogP) is 3.51. The Morgan fingerprint density at radius 3 is 2.65 bits per heavy atom. The van der Waals surface area contributed by atoms with Gasteiger partial charge in [-0.3, -0.25) is 9.36 Å². The molecule has 0 radical (unpaired) electrons. The number of amides is 1. The molecule has 2 aromatic rings. The van der Waals surface area contributed by atoms with Crippen molar-refractivity contribution in [2.75, 3.05) is 23.8 Å². The maximum Gasteiger partial charge on any atom is 0.233 e. The predicted molar refractivity (Wildman–Crippen MR) is 125 cm³/mol. The van der Waals surface area contributed by atoms with Crippen molar-refractivity contribution in [3.8, 4) is 5.69 Å². The molecule has 168 valence electrons. The Balaban J connectivity index is 1.55. The van der Waals surface area contributed by atoms with Crippen molar-refractivity contribution in [3.05, 3.63) is 41.7 Å². The second kappa shape index (κ2) is 9.36. The molecule has 0 N–H and O–H groups in total. The fourth-order valence-electron chi connectivity index (χ4n) is 4.53. The molecule has 1 fully saturated rings. The van der Waals surface area contributed by atoms with E-state index in [1.165, 1.54) is 17.5 Å². The molecule has 0 bridgehead atoms. The largest absolute Gasteiger partial charge is 0.338 e. The summed E-state index contributed by atoms with van der Waals surface area (Å²) in [6, 6.07) is 10.0. The van der Waals surface area contributed by atoms with Gasteiger partial charge in [-0.05, 0) is 50.2 Å². The first-order chi connectivity index (χ1) is 14.8. The molecule has 1 amide bonds. The van der Waals surface area contributed by atoms with Gasteiger partial charge in [0, 0.05) is 24.0 Å². The van der Waals surface area contributed by atoms with E-state index < -0.39 is 9.84 Å². The maximum absolute atomic E-state index is 13.2. The van der Waals surface area contributed by atoms with Crippen LogP contribution in [0.1, 0.15) is 44.5 Å². The van der Waals surface area contributed by atoms with Crippen LogP contribution in [0.4, 0.5) is 0 Å². The quantitative estimate of drug-likeness (QED) is 0.590. The molecule has 1 aromatic carbocycles. The molecule has 1 aliphatic carbocycles. The Morgan fingerprint density at radius 1 is 1.23 bits per heavy atom. The second-order valence-electron chi connectivity index (χ2n) is 8.95. The third-order valence-corrected chi connectivity index (χ3v) is 8.65. The zero-order chi connectivity index (χ0) is 22.0. The summed E-state index contributed by atoms with van der Waals surface area (Å²) in [5, 5.41) is 0.856. The van der Waals surface area contributed by atoms with Crippen LogP contribution in [-0.2, 0) is 27.5 Å². The zero-order valence-corrected chi connectivity index (χ0v) is 19.9. The third-order valence-electron chi connectivity index (χ3n) is 5.97. The highest BCUT2D eigenvalue weighted by Crippen LogP contribution is 2.31. The van der Waals surface area contributed by atoms with Crippen molar-refractivity contribution >= 4 is 27.5 Å². The summed E-state index contributed by atoms with van der Waals surface area (Å²) >= 11 is 1.47. The summed E-state index contributed by atoms with van der Waals surface area (Å²) in [6.45, 7) is 4.71. The van der Waals surface area contributed by atoms with E-state index >= 15 is 0 Å². The van der Waals surface area contributed by atoms with Crippen molar-refractivity contribution in [2.24, 2.45) is 5.92 Å². The number of aryl methyl sites for hydroxylation is 1. The number of rotatable bonds is 7. The maximum atomic E-state index is 13.2. The minimum absolute atomic E-state index is 0.00128. The number of hydrogen-bond donors (Lipinski definition) is 0. The number of carbonyl (C=O) groups is 1. The number of imidazole rings is 1. The van der Waals surface area contributed by atoms with E-state index in [4.69, 9.17) is 4.98 Å². The van der Waals surface area contributed by atoms with Crippen LogP contribution in [0.25, 0.3) is 5.69 Å². The zero-order valence-electron chi connectivity index (χ0n) is 18.3. The Kier molecular flexibility index (Phi) is 6.77. The Morgan fingerprint density at radius 2 is 1.97 bits per heavy atom. The normalized spacial score (nSPS) is 20.0. The van der Waals surface area contributed by atoms with E-state index in [0.29, 0.717) is 13.0 Å². The van der Waals surface area contributed by atoms with Crippen LogP contribution in [0.5, 0.6) is 0 Å². The van der Waals surface area contributed by atoms with Crippen LogP contribution in [-0.4, -0.2) is 58.6 Å². The molecule has 2 aliphatic rings. The van der Waals surface area contributed by atoms with Crippen molar-refractivity contribution in [1.29, 1.82) is 0 Å². The van der Waals surface area contributed by atoms with E-state index in [-0.39, 0.29) is 35.1 Å². The van der Waals surface area contributed by atoms with Crippen LogP contribution in [0, 0.1) is 5.92 Å². The van der Waals surface area contributed by atoms with Gasteiger partial charge in [-0.25, -0.2) is 13.4 Å². The lowest BCUT2D eigenvalue weighted by Gasteiger charge is -2.30. The highest BCUT2D eigenvalue weighted by molar-refractivity contribution is 7.99. The van der Waals surface area contributed by atoms with Gasteiger partial charge in [0.2, 0.25) is 5.91 Å². The molecule has 4 rings (SSSR count). The van der Waals surface area contributed by atoms with Crippen molar-refractivity contribution in [3.63, 3.8) is 0 Å². The molecular weight excluding hydrogens is 430 g/mol. The van der Waals surface area contributed by atoms with E-state index in [9.17, 15) is 13.2 Å². The van der Waals surface area contributed by atoms with E-state index in [1.807, 2.05) is 18.2 Å². The van der Waals surface area contributed by atoms with Gasteiger partial charge in [-0.2, -0.15) is 0 Å². The standard InChI is InChI=1S/C23H31N3O3S2/c1-17(2)14-25(19-12-13-31(28,29)16-19)22(27)15-30-23-24-20-10-6-7-11-21(20)26(23)18-8-4-3-5-9-18/h3-5,8-9,17,19H,6-7,10-16H2,1-2H3. The van der Waals surface area contributed by atoms with Crippen LogP contribution in [0.3, 0.4) is 0 Å². The molecule has 1 atom stereocenters. The van der Waals surface area contributed by atoms with E-state index in [1.54, 1.807) is 4.90 Å². The fraction of sp³-hybridized carbons (Fsp3) is 0.565. The summed E-state index contributed by atoms with van der Waals surface area (Å²) in [5.74, 6) is 0.824. The first kappa shape index (κ1) is 22.4. The van der Waals surface area contributed by atoms with Gasteiger partial charge >= 0.3 is 0 Å².